The van der Waals surface area contributed by atoms with Crippen LogP contribution in [-0.2, 0) is 9.53 Å². The fraction of sp³-hybridized carbons (Fsp3) is 0.889. The van der Waals surface area contributed by atoms with Crippen molar-refractivity contribution < 1.29 is 14.3 Å². The Balaban J connectivity index is 1.93. The zero-order valence-electron chi connectivity index (χ0n) is 15.8. The second kappa shape index (κ2) is 7.30. The molecular formula is C18H33N3O3. The molecule has 0 radical (unpaired) electrons. The standard InChI is InChI=1S/C18H33N3O3/c1-13-10-21(5)11-14(13)15(22)20-18(8-6-7-9-18)12-19-16(23)24-17(2,3)4/h13-14H,6-12H2,1-5H3,(H,19,23)(H,20,22)/t13-,14-/m0/s1. The maximum atomic E-state index is 12.8. The number of rotatable bonds is 4. The number of likely N-dealkylation sites (tertiary alicyclic amines) is 1. The molecule has 1 saturated heterocycles. The molecule has 0 spiro atoms. The van der Waals surface area contributed by atoms with E-state index in [-0.39, 0.29) is 17.4 Å². The molecule has 0 aromatic rings. The summed E-state index contributed by atoms with van der Waals surface area (Å²) in [5.41, 5.74) is -0.838. The van der Waals surface area contributed by atoms with E-state index in [0.717, 1.165) is 38.8 Å². The van der Waals surface area contributed by atoms with E-state index in [2.05, 4.69) is 29.5 Å². The summed E-state index contributed by atoms with van der Waals surface area (Å²) < 4.78 is 5.31. The Kier molecular flexibility index (Phi) is 5.78. The van der Waals surface area contributed by atoms with Gasteiger partial charge in [0.25, 0.3) is 0 Å². The van der Waals surface area contributed by atoms with Gasteiger partial charge < -0.3 is 20.3 Å². The molecule has 2 amide bonds. The zero-order valence-corrected chi connectivity index (χ0v) is 15.8. The topological polar surface area (TPSA) is 70.7 Å². The highest BCUT2D eigenvalue weighted by atomic mass is 16.6. The highest BCUT2D eigenvalue weighted by molar-refractivity contribution is 5.80. The lowest BCUT2D eigenvalue weighted by Gasteiger charge is -2.33. The van der Waals surface area contributed by atoms with Crippen molar-refractivity contribution in [3.8, 4) is 0 Å². The van der Waals surface area contributed by atoms with Gasteiger partial charge in [-0.25, -0.2) is 4.79 Å². The van der Waals surface area contributed by atoms with Crippen molar-refractivity contribution in [2.45, 2.75) is 64.5 Å². The molecule has 24 heavy (non-hydrogen) atoms. The van der Waals surface area contributed by atoms with Gasteiger partial charge in [-0.2, -0.15) is 0 Å². The Morgan fingerprint density at radius 2 is 1.83 bits per heavy atom. The molecule has 2 N–H and O–H groups in total. The van der Waals surface area contributed by atoms with Crippen molar-refractivity contribution in [2.24, 2.45) is 11.8 Å². The molecule has 138 valence electrons. The largest absolute Gasteiger partial charge is 0.444 e. The zero-order chi connectivity index (χ0) is 18.0. The Labute approximate surface area is 145 Å². The summed E-state index contributed by atoms with van der Waals surface area (Å²) in [6.45, 7) is 9.87. The lowest BCUT2D eigenvalue weighted by Crippen LogP contribution is -2.56. The van der Waals surface area contributed by atoms with Crippen LogP contribution in [0.3, 0.4) is 0 Å². The molecule has 0 unspecified atom stereocenters. The number of nitrogens with one attached hydrogen (secondary N) is 2. The maximum Gasteiger partial charge on any atom is 0.407 e. The summed E-state index contributed by atoms with van der Waals surface area (Å²) in [5.74, 6) is 0.529. The first kappa shape index (κ1) is 19.0. The lowest BCUT2D eigenvalue weighted by molar-refractivity contribution is -0.127. The third-order valence-electron chi connectivity index (χ3n) is 5.05. The first-order chi connectivity index (χ1) is 11.1. The fourth-order valence-electron chi connectivity index (χ4n) is 3.86. The van der Waals surface area contributed by atoms with Crippen LogP contribution in [0.25, 0.3) is 0 Å². The van der Waals surface area contributed by atoms with Crippen LogP contribution in [0, 0.1) is 11.8 Å². The molecule has 6 heteroatoms. The number of ether oxygens (including phenoxy) is 1. The minimum absolute atomic E-state index is 0.0361. The van der Waals surface area contributed by atoms with E-state index in [4.69, 9.17) is 4.74 Å². The Morgan fingerprint density at radius 1 is 1.21 bits per heavy atom. The van der Waals surface area contributed by atoms with Gasteiger partial charge in [0, 0.05) is 19.6 Å². The summed E-state index contributed by atoms with van der Waals surface area (Å²) in [7, 11) is 2.05. The van der Waals surface area contributed by atoms with Crippen molar-refractivity contribution in [3.63, 3.8) is 0 Å². The number of carbonyl (C=O) groups is 2. The van der Waals surface area contributed by atoms with Crippen LogP contribution in [0.5, 0.6) is 0 Å². The number of amides is 2. The van der Waals surface area contributed by atoms with Crippen LogP contribution in [0.1, 0.15) is 53.4 Å². The summed E-state index contributed by atoms with van der Waals surface area (Å²) in [6.07, 6.45) is 3.56. The number of nitrogens with zero attached hydrogens (tertiary/aromatic N) is 1. The van der Waals surface area contributed by atoms with E-state index >= 15 is 0 Å². The summed E-state index contributed by atoms with van der Waals surface area (Å²) in [6, 6.07) is 0. The van der Waals surface area contributed by atoms with Gasteiger partial charge in [0.05, 0.1) is 11.5 Å². The molecule has 1 aliphatic carbocycles. The first-order valence-electron chi connectivity index (χ1n) is 9.08. The third-order valence-corrected chi connectivity index (χ3v) is 5.05. The van der Waals surface area contributed by atoms with Crippen molar-refractivity contribution in [1.82, 2.24) is 15.5 Å². The molecule has 0 bridgehead atoms. The third kappa shape index (κ3) is 5.10. The second-order valence-corrected chi connectivity index (χ2v) is 8.64. The number of carbonyl (C=O) groups excluding carboxylic acids is 2. The quantitative estimate of drug-likeness (QED) is 0.823. The lowest BCUT2D eigenvalue weighted by atomic mass is 9.92. The van der Waals surface area contributed by atoms with E-state index in [1.165, 1.54) is 0 Å². The molecule has 2 atom stereocenters. The molecule has 2 fully saturated rings. The molecule has 0 aromatic heterocycles. The molecule has 2 aliphatic rings. The van der Waals surface area contributed by atoms with Gasteiger partial charge in [-0.1, -0.05) is 19.8 Å². The molecule has 6 nitrogen and oxygen atoms in total. The van der Waals surface area contributed by atoms with Crippen LogP contribution in [0.2, 0.25) is 0 Å². The Morgan fingerprint density at radius 3 is 2.33 bits per heavy atom. The maximum absolute atomic E-state index is 12.8. The van der Waals surface area contributed by atoms with Gasteiger partial charge in [0.2, 0.25) is 5.91 Å². The van der Waals surface area contributed by atoms with Gasteiger partial charge in [0.1, 0.15) is 5.60 Å². The molecule has 1 heterocycles. The Bertz CT molecular complexity index is 467. The number of alkyl carbamates (subject to hydrolysis) is 1. The summed E-state index contributed by atoms with van der Waals surface area (Å²) in [5, 5.41) is 6.12. The fourth-order valence-corrected chi connectivity index (χ4v) is 3.86. The SMILES string of the molecule is C[C@H]1CN(C)C[C@@H]1C(=O)NC1(CNC(=O)OC(C)(C)C)CCCC1. The molecule has 2 rings (SSSR count). The number of hydrogen-bond acceptors (Lipinski definition) is 4. The van der Waals surface area contributed by atoms with Gasteiger partial charge in [-0.3, -0.25) is 4.79 Å². The Hall–Kier alpha value is -1.30. The van der Waals surface area contributed by atoms with Crippen LogP contribution < -0.4 is 10.6 Å². The molecular weight excluding hydrogens is 306 g/mol. The van der Waals surface area contributed by atoms with Gasteiger partial charge >= 0.3 is 6.09 Å². The normalized spacial score (nSPS) is 27.0. The predicted molar refractivity (Wildman–Crippen MR) is 93.7 cm³/mol. The summed E-state index contributed by atoms with van der Waals surface area (Å²) in [4.78, 5) is 26.9. The van der Waals surface area contributed by atoms with Crippen molar-refractivity contribution >= 4 is 12.0 Å². The highest BCUT2D eigenvalue weighted by Crippen LogP contribution is 2.31. The molecule has 1 aliphatic heterocycles. The smallest absolute Gasteiger partial charge is 0.407 e. The van der Waals surface area contributed by atoms with Crippen molar-refractivity contribution in [1.29, 1.82) is 0 Å². The highest BCUT2D eigenvalue weighted by Gasteiger charge is 2.40. The minimum atomic E-state index is -0.514. The van der Waals surface area contributed by atoms with Crippen molar-refractivity contribution in [3.05, 3.63) is 0 Å². The molecule has 0 aromatic carbocycles. The van der Waals surface area contributed by atoms with E-state index in [1.807, 2.05) is 20.8 Å². The minimum Gasteiger partial charge on any atom is -0.444 e. The van der Waals surface area contributed by atoms with E-state index in [0.29, 0.717) is 12.5 Å². The first-order valence-corrected chi connectivity index (χ1v) is 9.08. The predicted octanol–water partition coefficient (Wildman–Crippen LogP) is 2.14. The van der Waals surface area contributed by atoms with E-state index in [9.17, 15) is 9.59 Å². The summed E-state index contributed by atoms with van der Waals surface area (Å²) >= 11 is 0. The van der Waals surface area contributed by atoms with Gasteiger partial charge in [-0.15, -0.1) is 0 Å². The number of hydrogen-bond donors (Lipinski definition) is 2. The van der Waals surface area contributed by atoms with Crippen LogP contribution in [0.15, 0.2) is 0 Å². The monoisotopic (exact) mass is 339 g/mol. The van der Waals surface area contributed by atoms with Gasteiger partial charge in [0.15, 0.2) is 0 Å². The van der Waals surface area contributed by atoms with Crippen LogP contribution in [-0.4, -0.2) is 54.7 Å². The second-order valence-electron chi connectivity index (χ2n) is 8.64. The van der Waals surface area contributed by atoms with Crippen LogP contribution >= 0.6 is 0 Å². The van der Waals surface area contributed by atoms with E-state index < -0.39 is 11.7 Å². The molecule has 1 saturated carbocycles. The average molecular weight is 339 g/mol. The van der Waals surface area contributed by atoms with Gasteiger partial charge in [-0.05, 0) is 46.6 Å². The van der Waals surface area contributed by atoms with Crippen molar-refractivity contribution in [2.75, 3.05) is 26.7 Å². The van der Waals surface area contributed by atoms with E-state index in [1.54, 1.807) is 0 Å². The average Bonchev–Trinajstić information content (AvgIpc) is 3.02. The van der Waals surface area contributed by atoms with Crippen LogP contribution in [0.4, 0.5) is 4.79 Å².